The highest BCUT2D eigenvalue weighted by Crippen LogP contribution is 2.30. The predicted octanol–water partition coefficient (Wildman–Crippen LogP) is 3.11. The highest BCUT2D eigenvalue weighted by Gasteiger charge is 2.28. The van der Waals surface area contributed by atoms with Gasteiger partial charge in [-0.05, 0) is 49.6 Å². The van der Waals surface area contributed by atoms with E-state index in [-0.39, 0.29) is 11.5 Å². The number of rotatable bonds is 5. The number of pyridine rings is 2. The minimum absolute atomic E-state index is 0.231. The van der Waals surface area contributed by atoms with Crippen LogP contribution in [0.25, 0.3) is 0 Å². The van der Waals surface area contributed by atoms with Crippen LogP contribution in [0.2, 0.25) is 0 Å². The third-order valence-electron chi connectivity index (χ3n) is 5.18. The van der Waals surface area contributed by atoms with Crippen molar-refractivity contribution in [2.45, 2.75) is 32.2 Å². The number of aromatic carboxylic acids is 1. The van der Waals surface area contributed by atoms with Crippen molar-refractivity contribution in [2.75, 3.05) is 18.0 Å². The SMILES string of the molecule is Cc1ccc(C(=O)O)c(N2CCCC(c3nccn3Cc3ccncc3)C2)n1. The highest BCUT2D eigenvalue weighted by atomic mass is 16.4. The van der Waals surface area contributed by atoms with E-state index >= 15 is 0 Å². The van der Waals surface area contributed by atoms with Crippen LogP contribution in [-0.4, -0.2) is 43.7 Å². The summed E-state index contributed by atoms with van der Waals surface area (Å²) >= 11 is 0. The summed E-state index contributed by atoms with van der Waals surface area (Å²) in [6, 6.07) is 7.41. The first-order valence-electron chi connectivity index (χ1n) is 9.47. The maximum atomic E-state index is 11.7. The van der Waals surface area contributed by atoms with E-state index in [2.05, 4.69) is 24.4 Å². The molecule has 0 aliphatic carbocycles. The molecular formula is C21H23N5O2. The third kappa shape index (κ3) is 3.74. The first kappa shape index (κ1) is 18.2. The Labute approximate surface area is 163 Å². The molecule has 7 nitrogen and oxygen atoms in total. The molecular weight excluding hydrogens is 354 g/mol. The molecule has 1 N–H and O–H groups in total. The number of carboxylic acid groups (broad SMARTS) is 1. The zero-order valence-corrected chi connectivity index (χ0v) is 15.8. The second-order valence-corrected chi connectivity index (χ2v) is 7.18. The Morgan fingerprint density at radius 2 is 2.04 bits per heavy atom. The lowest BCUT2D eigenvalue weighted by Gasteiger charge is -2.34. The topological polar surface area (TPSA) is 84.1 Å². The van der Waals surface area contributed by atoms with Crippen LogP contribution in [0.5, 0.6) is 0 Å². The number of carbonyl (C=O) groups is 1. The van der Waals surface area contributed by atoms with Crippen LogP contribution in [0.1, 0.15) is 46.2 Å². The van der Waals surface area contributed by atoms with Gasteiger partial charge in [-0.3, -0.25) is 4.98 Å². The Morgan fingerprint density at radius 3 is 2.82 bits per heavy atom. The smallest absolute Gasteiger partial charge is 0.339 e. The van der Waals surface area contributed by atoms with E-state index in [0.717, 1.165) is 37.4 Å². The van der Waals surface area contributed by atoms with Crippen molar-refractivity contribution < 1.29 is 9.90 Å². The first-order chi connectivity index (χ1) is 13.6. The van der Waals surface area contributed by atoms with Crippen LogP contribution < -0.4 is 4.90 Å². The van der Waals surface area contributed by atoms with Crippen LogP contribution in [-0.2, 0) is 6.54 Å². The summed E-state index contributed by atoms with van der Waals surface area (Å²) in [5.74, 6) is 0.883. The number of imidazole rings is 1. The van der Waals surface area contributed by atoms with Crippen LogP contribution in [0.3, 0.4) is 0 Å². The van der Waals surface area contributed by atoms with Crippen molar-refractivity contribution in [3.05, 3.63) is 71.7 Å². The van der Waals surface area contributed by atoms with Crippen LogP contribution >= 0.6 is 0 Å². The summed E-state index contributed by atoms with van der Waals surface area (Å²) in [7, 11) is 0. The minimum atomic E-state index is -0.941. The summed E-state index contributed by atoms with van der Waals surface area (Å²) in [6.45, 7) is 4.15. The fraction of sp³-hybridized carbons (Fsp3) is 0.333. The Hall–Kier alpha value is -3.22. The van der Waals surface area contributed by atoms with Gasteiger partial charge in [-0.25, -0.2) is 14.8 Å². The number of hydrogen-bond acceptors (Lipinski definition) is 5. The molecule has 0 amide bonds. The zero-order valence-electron chi connectivity index (χ0n) is 15.8. The lowest BCUT2D eigenvalue weighted by atomic mass is 9.96. The monoisotopic (exact) mass is 377 g/mol. The van der Waals surface area contributed by atoms with Crippen molar-refractivity contribution >= 4 is 11.8 Å². The molecule has 0 radical (unpaired) electrons. The maximum Gasteiger partial charge on any atom is 0.339 e. The molecule has 1 saturated heterocycles. The number of aryl methyl sites for hydroxylation is 1. The minimum Gasteiger partial charge on any atom is -0.478 e. The first-order valence-corrected chi connectivity index (χ1v) is 9.47. The van der Waals surface area contributed by atoms with E-state index in [1.807, 2.05) is 31.5 Å². The number of piperidine rings is 1. The Morgan fingerprint density at radius 1 is 1.21 bits per heavy atom. The highest BCUT2D eigenvalue weighted by molar-refractivity contribution is 5.93. The zero-order chi connectivity index (χ0) is 19.5. The van der Waals surface area contributed by atoms with Gasteiger partial charge >= 0.3 is 5.97 Å². The summed E-state index contributed by atoms with van der Waals surface area (Å²) < 4.78 is 2.17. The molecule has 1 fully saturated rings. The second-order valence-electron chi connectivity index (χ2n) is 7.18. The van der Waals surface area contributed by atoms with Crippen molar-refractivity contribution in [3.63, 3.8) is 0 Å². The molecule has 1 aliphatic rings. The molecule has 3 aromatic heterocycles. The van der Waals surface area contributed by atoms with Crippen molar-refractivity contribution in [1.29, 1.82) is 0 Å². The van der Waals surface area contributed by atoms with Gasteiger partial charge < -0.3 is 14.6 Å². The number of nitrogens with zero attached hydrogens (tertiary/aromatic N) is 5. The van der Waals surface area contributed by atoms with E-state index in [0.29, 0.717) is 12.4 Å². The van der Waals surface area contributed by atoms with Gasteiger partial charge in [0.15, 0.2) is 0 Å². The van der Waals surface area contributed by atoms with Gasteiger partial charge in [0.25, 0.3) is 0 Å². The fourth-order valence-electron chi connectivity index (χ4n) is 3.83. The molecule has 1 unspecified atom stereocenters. The molecule has 0 saturated carbocycles. The van der Waals surface area contributed by atoms with Crippen molar-refractivity contribution in [3.8, 4) is 0 Å². The van der Waals surface area contributed by atoms with E-state index in [1.54, 1.807) is 24.5 Å². The second kappa shape index (κ2) is 7.80. The average Bonchev–Trinajstić information content (AvgIpc) is 3.16. The Bertz CT molecular complexity index is 970. The molecule has 4 heterocycles. The van der Waals surface area contributed by atoms with Gasteiger partial charge in [0, 0.05) is 56.0 Å². The molecule has 7 heteroatoms. The van der Waals surface area contributed by atoms with Crippen molar-refractivity contribution in [1.82, 2.24) is 19.5 Å². The summed E-state index contributed by atoms with van der Waals surface area (Å²) in [5.41, 5.74) is 2.25. The van der Waals surface area contributed by atoms with E-state index in [4.69, 9.17) is 0 Å². The van der Waals surface area contributed by atoms with E-state index in [1.165, 1.54) is 5.56 Å². The normalized spacial score (nSPS) is 16.9. The van der Waals surface area contributed by atoms with Gasteiger partial charge in [0.2, 0.25) is 0 Å². The number of hydrogen-bond donors (Lipinski definition) is 1. The van der Waals surface area contributed by atoms with Crippen LogP contribution in [0.15, 0.2) is 49.1 Å². The lowest BCUT2D eigenvalue weighted by Crippen LogP contribution is -2.37. The van der Waals surface area contributed by atoms with Crippen LogP contribution in [0, 0.1) is 6.92 Å². The molecule has 0 bridgehead atoms. The number of anilines is 1. The van der Waals surface area contributed by atoms with Gasteiger partial charge in [0.05, 0.1) is 0 Å². The summed E-state index contributed by atoms with van der Waals surface area (Å²) in [4.78, 5) is 27.0. The molecule has 3 aromatic rings. The third-order valence-corrected chi connectivity index (χ3v) is 5.18. The van der Waals surface area contributed by atoms with Gasteiger partial charge in [-0.2, -0.15) is 0 Å². The van der Waals surface area contributed by atoms with E-state index in [9.17, 15) is 9.90 Å². The van der Waals surface area contributed by atoms with Gasteiger partial charge in [-0.15, -0.1) is 0 Å². The quantitative estimate of drug-likeness (QED) is 0.735. The maximum absolute atomic E-state index is 11.7. The molecule has 1 atom stereocenters. The average molecular weight is 377 g/mol. The predicted molar refractivity (Wildman–Crippen MR) is 106 cm³/mol. The van der Waals surface area contributed by atoms with Crippen LogP contribution in [0.4, 0.5) is 5.82 Å². The molecule has 28 heavy (non-hydrogen) atoms. The molecule has 144 valence electrons. The Balaban J connectivity index is 1.58. The van der Waals surface area contributed by atoms with Crippen molar-refractivity contribution in [2.24, 2.45) is 0 Å². The number of carboxylic acids is 1. The summed E-state index contributed by atoms with van der Waals surface area (Å²) in [5, 5.41) is 9.56. The molecule has 0 aromatic carbocycles. The number of aromatic nitrogens is 4. The fourth-order valence-corrected chi connectivity index (χ4v) is 3.83. The van der Waals surface area contributed by atoms with Gasteiger partial charge in [0.1, 0.15) is 17.2 Å². The molecule has 4 rings (SSSR count). The standard InChI is InChI=1S/C21H23N5O2/c1-15-4-5-18(21(27)28)20(24-15)25-11-2-3-17(14-25)19-23-10-12-26(19)13-16-6-8-22-9-7-16/h4-10,12,17H,2-3,11,13-14H2,1H3,(H,27,28). The summed E-state index contributed by atoms with van der Waals surface area (Å²) in [6.07, 6.45) is 9.43. The molecule has 1 aliphatic heterocycles. The molecule has 0 spiro atoms. The Kier molecular flexibility index (Phi) is 5.06. The van der Waals surface area contributed by atoms with Gasteiger partial charge in [-0.1, -0.05) is 0 Å². The lowest BCUT2D eigenvalue weighted by molar-refractivity contribution is 0.0697. The largest absolute Gasteiger partial charge is 0.478 e. The van der Waals surface area contributed by atoms with E-state index < -0.39 is 5.97 Å².